The Bertz CT molecular complexity index is 785. The van der Waals surface area contributed by atoms with Gasteiger partial charge >= 0.3 is 5.97 Å². The number of benzene rings is 2. The molecule has 0 spiro atoms. The zero-order valence-corrected chi connectivity index (χ0v) is 14.7. The quantitative estimate of drug-likeness (QED) is 0.772. The first-order valence-electron chi connectivity index (χ1n) is 8.38. The molecule has 0 saturated carbocycles. The molecule has 1 aliphatic heterocycles. The van der Waals surface area contributed by atoms with E-state index in [0.29, 0.717) is 12.2 Å². The molecule has 0 radical (unpaired) electrons. The number of anilines is 1. The average Bonchev–Trinajstić information content (AvgIpc) is 2.66. The second-order valence-corrected chi connectivity index (χ2v) is 6.16. The van der Waals surface area contributed by atoms with E-state index in [-0.39, 0.29) is 24.3 Å². The number of β-lactam (4-membered cyclic amide) rings is 1. The molecular formula is C20H21NO5. The van der Waals surface area contributed by atoms with Crippen LogP contribution in [0.2, 0.25) is 0 Å². The first kappa shape index (κ1) is 17.8. The Kier molecular flexibility index (Phi) is 5.11. The smallest absolute Gasteiger partial charge is 0.303 e. The molecule has 0 bridgehead atoms. The summed E-state index contributed by atoms with van der Waals surface area (Å²) in [6.45, 7) is 0. The van der Waals surface area contributed by atoms with E-state index in [0.717, 1.165) is 17.0 Å². The van der Waals surface area contributed by atoms with E-state index in [9.17, 15) is 9.59 Å². The van der Waals surface area contributed by atoms with Crippen molar-refractivity contribution in [3.05, 3.63) is 54.1 Å². The number of carbonyl (C=O) groups excluding carboxylic acids is 1. The van der Waals surface area contributed by atoms with Crippen molar-refractivity contribution in [1.82, 2.24) is 0 Å². The van der Waals surface area contributed by atoms with Crippen molar-refractivity contribution in [1.29, 1.82) is 0 Å². The summed E-state index contributed by atoms with van der Waals surface area (Å²) >= 11 is 0. The van der Waals surface area contributed by atoms with Crippen LogP contribution in [-0.4, -0.2) is 31.2 Å². The van der Waals surface area contributed by atoms with Crippen LogP contribution in [0.5, 0.6) is 11.5 Å². The minimum absolute atomic E-state index is 0.0283. The maximum absolute atomic E-state index is 12.7. The first-order valence-corrected chi connectivity index (χ1v) is 8.38. The fourth-order valence-corrected chi connectivity index (χ4v) is 3.32. The molecule has 1 saturated heterocycles. The number of amides is 1. The van der Waals surface area contributed by atoms with E-state index in [4.69, 9.17) is 14.6 Å². The van der Waals surface area contributed by atoms with Crippen LogP contribution in [0.3, 0.4) is 0 Å². The van der Waals surface area contributed by atoms with Crippen molar-refractivity contribution in [2.45, 2.75) is 18.9 Å². The highest BCUT2D eigenvalue weighted by Crippen LogP contribution is 2.46. The number of hydrogen-bond donors (Lipinski definition) is 1. The molecule has 0 unspecified atom stereocenters. The lowest BCUT2D eigenvalue weighted by atomic mass is 9.79. The predicted molar refractivity (Wildman–Crippen MR) is 96.6 cm³/mol. The first-order chi connectivity index (χ1) is 12.5. The van der Waals surface area contributed by atoms with Gasteiger partial charge in [0.2, 0.25) is 5.91 Å². The van der Waals surface area contributed by atoms with Gasteiger partial charge in [-0.15, -0.1) is 0 Å². The molecule has 26 heavy (non-hydrogen) atoms. The zero-order chi connectivity index (χ0) is 18.7. The lowest BCUT2D eigenvalue weighted by Crippen LogP contribution is -2.55. The maximum Gasteiger partial charge on any atom is 0.303 e. The Balaban J connectivity index is 1.90. The van der Waals surface area contributed by atoms with Gasteiger partial charge in [-0.25, -0.2) is 0 Å². The van der Waals surface area contributed by atoms with Crippen LogP contribution >= 0.6 is 0 Å². The number of carboxylic acids is 1. The number of hydrogen-bond acceptors (Lipinski definition) is 4. The number of methoxy groups -OCH3 is 2. The van der Waals surface area contributed by atoms with Gasteiger partial charge in [0.15, 0.2) is 0 Å². The van der Waals surface area contributed by atoms with Gasteiger partial charge in [0.05, 0.1) is 26.2 Å². The Labute approximate surface area is 152 Å². The summed E-state index contributed by atoms with van der Waals surface area (Å²) in [5.41, 5.74) is 1.72. The molecule has 0 aliphatic carbocycles. The number of aliphatic carboxylic acids is 1. The van der Waals surface area contributed by atoms with Crippen molar-refractivity contribution in [3.8, 4) is 11.5 Å². The fourth-order valence-electron chi connectivity index (χ4n) is 3.32. The van der Waals surface area contributed by atoms with Crippen LogP contribution in [0.25, 0.3) is 0 Å². The molecule has 6 heteroatoms. The molecule has 2 atom stereocenters. The van der Waals surface area contributed by atoms with Crippen molar-refractivity contribution >= 4 is 17.6 Å². The molecule has 0 aromatic heterocycles. The van der Waals surface area contributed by atoms with E-state index in [2.05, 4.69) is 0 Å². The lowest BCUT2D eigenvalue weighted by molar-refractivity contribution is -0.138. The van der Waals surface area contributed by atoms with Crippen LogP contribution in [0, 0.1) is 5.92 Å². The van der Waals surface area contributed by atoms with Crippen LogP contribution in [0.4, 0.5) is 5.69 Å². The molecule has 136 valence electrons. The zero-order valence-electron chi connectivity index (χ0n) is 14.7. The summed E-state index contributed by atoms with van der Waals surface area (Å²) < 4.78 is 10.4. The highest BCUT2D eigenvalue weighted by molar-refractivity contribution is 6.03. The van der Waals surface area contributed by atoms with E-state index in [1.807, 2.05) is 36.4 Å². The van der Waals surface area contributed by atoms with Crippen LogP contribution in [-0.2, 0) is 9.59 Å². The molecule has 2 aromatic carbocycles. The summed E-state index contributed by atoms with van der Waals surface area (Å²) in [5, 5.41) is 8.98. The third-order valence-electron chi connectivity index (χ3n) is 4.69. The van der Waals surface area contributed by atoms with Gasteiger partial charge in [0.25, 0.3) is 0 Å². The maximum atomic E-state index is 12.7. The van der Waals surface area contributed by atoms with Crippen LogP contribution in [0.15, 0.2) is 48.5 Å². The largest absolute Gasteiger partial charge is 0.497 e. The predicted octanol–water partition coefficient (Wildman–Crippen LogP) is 3.27. The van der Waals surface area contributed by atoms with Gasteiger partial charge in [-0.2, -0.15) is 0 Å². The number of carboxylic acid groups (broad SMARTS) is 1. The fraction of sp³-hybridized carbons (Fsp3) is 0.300. The summed E-state index contributed by atoms with van der Waals surface area (Å²) in [6.07, 6.45) is 0.289. The molecule has 1 aliphatic rings. The Hall–Kier alpha value is -3.02. The Morgan fingerprint density at radius 2 is 1.54 bits per heavy atom. The molecule has 2 aromatic rings. The third-order valence-corrected chi connectivity index (χ3v) is 4.69. The monoisotopic (exact) mass is 355 g/mol. The molecule has 1 amide bonds. The van der Waals surface area contributed by atoms with E-state index < -0.39 is 5.97 Å². The van der Waals surface area contributed by atoms with Gasteiger partial charge in [0, 0.05) is 12.1 Å². The van der Waals surface area contributed by atoms with E-state index in [1.165, 1.54) is 0 Å². The van der Waals surface area contributed by atoms with Gasteiger partial charge < -0.3 is 19.5 Å². The Morgan fingerprint density at radius 1 is 1.00 bits per heavy atom. The van der Waals surface area contributed by atoms with Gasteiger partial charge in [-0.3, -0.25) is 9.59 Å². The summed E-state index contributed by atoms with van der Waals surface area (Å²) in [4.78, 5) is 25.4. The SMILES string of the molecule is COc1ccc([C@@H]2[C@@H](CCC(=O)O)C(=O)N2c2ccc(OC)cc2)cc1. The highest BCUT2D eigenvalue weighted by Gasteiger charge is 2.48. The summed E-state index contributed by atoms with van der Waals surface area (Å²) in [7, 11) is 3.19. The number of nitrogens with zero attached hydrogens (tertiary/aromatic N) is 1. The minimum atomic E-state index is -0.894. The molecule has 1 heterocycles. The molecule has 6 nitrogen and oxygen atoms in total. The minimum Gasteiger partial charge on any atom is -0.497 e. The van der Waals surface area contributed by atoms with Crippen molar-refractivity contribution in [2.24, 2.45) is 5.92 Å². The van der Waals surface area contributed by atoms with E-state index >= 15 is 0 Å². The Morgan fingerprint density at radius 3 is 2.04 bits per heavy atom. The van der Waals surface area contributed by atoms with Crippen molar-refractivity contribution < 1.29 is 24.2 Å². The second kappa shape index (κ2) is 7.47. The van der Waals surface area contributed by atoms with Crippen molar-refractivity contribution in [3.63, 3.8) is 0 Å². The van der Waals surface area contributed by atoms with E-state index in [1.54, 1.807) is 31.3 Å². The number of carbonyl (C=O) groups is 2. The van der Waals surface area contributed by atoms with Crippen molar-refractivity contribution in [2.75, 3.05) is 19.1 Å². The molecule has 1 fully saturated rings. The summed E-state index contributed by atoms with van der Waals surface area (Å²) in [6, 6.07) is 14.6. The number of ether oxygens (including phenoxy) is 2. The lowest BCUT2D eigenvalue weighted by Gasteiger charge is -2.47. The second-order valence-electron chi connectivity index (χ2n) is 6.16. The van der Waals surface area contributed by atoms with Crippen LogP contribution in [0.1, 0.15) is 24.4 Å². The van der Waals surface area contributed by atoms with Gasteiger partial charge in [-0.05, 0) is 48.4 Å². The van der Waals surface area contributed by atoms with Gasteiger partial charge in [0.1, 0.15) is 11.5 Å². The highest BCUT2D eigenvalue weighted by atomic mass is 16.5. The molecule has 3 rings (SSSR count). The normalized spacial score (nSPS) is 19.0. The van der Waals surface area contributed by atoms with Crippen LogP contribution < -0.4 is 14.4 Å². The average molecular weight is 355 g/mol. The third kappa shape index (κ3) is 3.35. The topological polar surface area (TPSA) is 76.1 Å². The van der Waals surface area contributed by atoms with Gasteiger partial charge in [-0.1, -0.05) is 12.1 Å². The summed E-state index contributed by atoms with van der Waals surface area (Å²) in [5.74, 6) is 0.149. The molecule has 1 N–H and O–H groups in total. The standard InChI is InChI=1S/C20H21NO5/c1-25-15-7-3-13(4-8-15)19-17(11-12-18(22)23)20(24)21(19)14-5-9-16(26-2)10-6-14/h3-10,17,19H,11-12H2,1-2H3,(H,22,23)/t17-,19-/m1/s1. The number of rotatable bonds is 7. The molecular weight excluding hydrogens is 334 g/mol.